The van der Waals surface area contributed by atoms with E-state index in [9.17, 15) is 0 Å². The number of fused-ring (bicyclic) bond motifs is 1. The Kier molecular flexibility index (Phi) is 3.74. The summed E-state index contributed by atoms with van der Waals surface area (Å²) in [5.74, 6) is 2.21. The third kappa shape index (κ3) is 2.78. The van der Waals surface area contributed by atoms with Crippen LogP contribution >= 0.6 is 0 Å². The summed E-state index contributed by atoms with van der Waals surface area (Å²) in [7, 11) is 1.69. The van der Waals surface area contributed by atoms with Gasteiger partial charge in [-0.3, -0.25) is 0 Å². The van der Waals surface area contributed by atoms with Crippen molar-refractivity contribution in [2.75, 3.05) is 25.5 Å². The van der Waals surface area contributed by atoms with Crippen LogP contribution in [0.1, 0.15) is 30.9 Å². The van der Waals surface area contributed by atoms with Gasteiger partial charge in [-0.2, -0.15) is 5.10 Å². The number of hydrogen-bond donors (Lipinski definition) is 2. The SMILES string of the molecule is COc1cn2ncc(-c3cccc(NC4CCNC4)n3)c2nc1C1CC1. The average Bonchev–Trinajstić information content (AvgIpc) is 3.23. The van der Waals surface area contributed by atoms with Crippen molar-refractivity contribution in [3.63, 3.8) is 0 Å². The summed E-state index contributed by atoms with van der Waals surface area (Å²) >= 11 is 0. The molecule has 2 aliphatic rings. The van der Waals surface area contributed by atoms with E-state index in [0.29, 0.717) is 12.0 Å². The Morgan fingerprint density at radius 1 is 1.23 bits per heavy atom. The minimum absolute atomic E-state index is 0.436. The molecule has 134 valence electrons. The molecule has 1 saturated heterocycles. The van der Waals surface area contributed by atoms with Gasteiger partial charge in [0.25, 0.3) is 0 Å². The normalized spacial score (nSPS) is 19.8. The van der Waals surface area contributed by atoms with Gasteiger partial charge in [0, 0.05) is 18.5 Å². The van der Waals surface area contributed by atoms with Crippen LogP contribution in [-0.2, 0) is 0 Å². The van der Waals surface area contributed by atoms with Crippen molar-refractivity contribution >= 4 is 11.5 Å². The Bertz CT molecular complexity index is 942. The lowest BCUT2D eigenvalue weighted by Crippen LogP contribution is -2.22. The maximum Gasteiger partial charge on any atom is 0.164 e. The summed E-state index contributed by atoms with van der Waals surface area (Å²) < 4.78 is 7.29. The van der Waals surface area contributed by atoms with Crippen LogP contribution in [0, 0.1) is 0 Å². The molecule has 4 heterocycles. The Morgan fingerprint density at radius 2 is 2.15 bits per heavy atom. The van der Waals surface area contributed by atoms with Gasteiger partial charge in [0.15, 0.2) is 11.4 Å². The second-order valence-electron chi connectivity index (χ2n) is 7.04. The molecule has 7 nitrogen and oxygen atoms in total. The third-order valence-electron chi connectivity index (χ3n) is 5.11. The molecule has 1 aliphatic carbocycles. The van der Waals surface area contributed by atoms with Crippen LogP contribution in [-0.4, -0.2) is 45.8 Å². The monoisotopic (exact) mass is 350 g/mol. The van der Waals surface area contributed by atoms with Gasteiger partial charge in [-0.25, -0.2) is 14.5 Å². The zero-order chi connectivity index (χ0) is 17.5. The van der Waals surface area contributed by atoms with E-state index in [4.69, 9.17) is 14.7 Å². The lowest BCUT2D eigenvalue weighted by atomic mass is 10.2. The molecule has 1 unspecified atom stereocenters. The molecule has 2 N–H and O–H groups in total. The molecule has 1 atom stereocenters. The fourth-order valence-electron chi connectivity index (χ4n) is 3.55. The van der Waals surface area contributed by atoms with Crippen LogP contribution in [0.2, 0.25) is 0 Å². The highest BCUT2D eigenvalue weighted by Gasteiger charge is 2.29. The first-order valence-electron chi connectivity index (χ1n) is 9.19. The first-order chi connectivity index (χ1) is 12.8. The number of methoxy groups -OCH3 is 1. The maximum atomic E-state index is 5.51. The number of nitrogens with one attached hydrogen (secondary N) is 2. The van der Waals surface area contributed by atoms with E-state index in [1.165, 1.54) is 12.8 Å². The van der Waals surface area contributed by atoms with Crippen molar-refractivity contribution in [3.8, 4) is 17.0 Å². The van der Waals surface area contributed by atoms with Crippen LogP contribution in [0.5, 0.6) is 5.75 Å². The zero-order valence-electron chi connectivity index (χ0n) is 14.8. The van der Waals surface area contributed by atoms with Gasteiger partial charge in [0.05, 0.1) is 36.5 Å². The van der Waals surface area contributed by atoms with E-state index in [2.05, 4.69) is 15.7 Å². The van der Waals surface area contributed by atoms with Crippen LogP contribution in [0.3, 0.4) is 0 Å². The van der Waals surface area contributed by atoms with Gasteiger partial charge in [-0.05, 0) is 37.9 Å². The van der Waals surface area contributed by atoms with Crippen molar-refractivity contribution in [2.24, 2.45) is 0 Å². The van der Waals surface area contributed by atoms with E-state index in [-0.39, 0.29) is 0 Å². The number of anilines is 1. The van der Waals surface area contributed by atoms with Crippen molar-refractivity contribution < 1.29 is 4.74 Å². The molecule has 2 fully saturated rings. The Hall–Kier alpha value is -2.67. The number of hydrogen-bond acceptors (Lipinski definition) is 6. The van der Waals surface area contributed by atoms with E-state index >= 15 is 0 Å². The molecule has 0 amide bonds. The van der Waals surface area contributed by atoms with Gasteiger partial charge in [-0.15, -0.1) is 0 Å². The number of pyridine rings is 1. The van der Waals surface area contributed by atoms with E-state index in [0.717, 1.165) is 53.7 Å². The Labute approximate surface area is 151 Å². The second kappa shape index (κ2) is 6.25. The van der Waals surface area contributed by atoms with Crippen LogP contribution in [0.25, 0.3) is 16.9 Å². The van der Waals surface area contributed by atoms with Crippen LogP contribution in [0.4, 0.5) is 5.82 Å². The third-order valence-corrected chi connectivity index (χ3v) is 5.11. The highest BCUT2D eigenvalue weighted by molar-refractivity contribution is 5.75. The van der Waals surface area contributed by atoms with Crippen LogP contribution in [0.15, 0.2) is 30.6 Å². The van der Waals surface area contributed by atoms with E-state index in [1.807, 2.05) is 30.6 Å². The van der Waals surface area contributed by atoms with Crippen molar-refractivity contribution in [1.29, 1.82) is 0 Å². The standard InChI is InChI=1S/C19H22N6O/c1-26-16-11-25-19(24-18(16)12-5-6-12)14(10-21-25)15-3-2-4-17(23-15)22-13-7-8-20-9-13/h2-4,10-13,20H,5-9H2,1H3,(H,22,23). The minimum Gasteiger partial charge on any atom is -0.493 e. The van der Waals surface area contributed by atoms with Gasteiger partial charge in [0.1, 0.15) is 5.82 Å². The summed E-state index contributed by atoms with van der Waals surface area (Å²) in [5, 5.41) is 11.3. The number of rotatable bonds is 5. The molecule has 26 heavy (non-hydrogen) atoms. The average molecular weight is 350 g/mol. The quantitative estimate of drug-likeness (QED) is 0.736. The minimum atomic E-state index is 0.436. The molecule has 5 rings (SSSR count). The highest BCUT2D eigenvalue weighted by atomic mass is 16.5. The predicted molar refractivity (Wildman–Crippen MR) is 99.6 cm³/mol. The smallest absolute Gasteiger partial charge is 0.164 e. The number of nitrogens with zero attached hydrogens (tertiary/aromatic N) is 4. The fourth-order valence-corrected chi connectivity index (χ4v) is 3.55. The fraction of sp³-hybridized carbons (Fsp3) is 0.421. The highest BCUT2D eigenvalue weighted by Crippen LogP contribution is 2.43. The number of aromatic nitrogens is 4. The Balaban J connectivity index is 1.53. The second-order valence-corrected chi connectivity index (χ2v) is 7.04. The molecule has 7 heteroatoms. The lowest BCUT2D eigenvalue weighted by molar-refractivity contribution is 0.403. The first kappa shape index (κ1) is 15.6. The summed E-state index contributed by atoms with van der Waals surface area (Å²) in [6.07, 6.45) is 7.23. The maximum absolute atomic E-state index is 5.51. The molecular formula is C19H22N6O. The summed E-state index contributed by atoms with van der Waals surface area (Å²) in [4.78, 5) is 9.68. The summed E-state index contributed by atoms with van der Waals surface area (Å²) in [6.45, 7) is 2.04. The van der Waals surface area contributed by atoms with Gasteiger partial charge in [-0.1, -0.05) is 6.07 Å². The first-order valence-corrected chi connectivity index (χ1v) is 9.19. The van der Waals surface area contributed by atoms with E-state index < -0.39 is 0 Å². The molecular weight excluding hydrogens is 328 g/mol. The topological polar surface area (TPSA) is 76.4 Å². The molecule has 0 spiro atoms. The zero-order valence-corrected chi connectivity index (χ0v) is 14.8. The van der Waals surface area contributed by atoms with Gasteiger partial charge >= 0.3 is 0 Å². The summed E-state index contributed by atoms with van der Waals surface area (Å²) in [6, 6.07) is 6.49. The largest absolute Gasteiger partial charge is 0.493 e. The molecule has 3 aromatic rings. The van der Waals surface area contributed by atoms with E-state index in [1.54, 1.807) is 11.6 Å². The molecule has 0 aromatic carbocycles. The van der Waals surface area contributed by atoms with Crippen LogP contribution < -0.4 is 15.4 Å². The van der Waals surface area contributed by atoms with Gasteiger partial charge in [0.2, 0.25) is 0 Å². The van der Waals surface area contributed by atoms with Gasteiger partial charge < -0.3 is 15.4 Å². The predicted octanol–water partition coefficient (Wildman–Crippen LogP) is 2.45. The molecule has 1 saturated carbocycles. The summed E-state index contributed by atoms with van der Waals surface area (Å²) in [5.41, 5.74) is 3.70. The van der Waals surface area contributed by atoms with Crippen molar-refractivity contribution in [2.45, 2.75) is 31.2 Å². The van der Waals surface area contributed by atoms with Crippen molar-refractivity contribution in [3.05, 3.63) is 36.3 Å². The molecule has 0 bridgehead atoms. The molecule has 0 radical (unpaired) electrons. The molecule has 1 aliphatic heterocycles. The van der Waals surface area contributed by atoms with Crippen molar-refractivity contribution in [1.82, 2.24) is 24.9 Å². The Morgan fingerprint density at radius 3 is 2.92 bits per heavy atom. The number of ether oxygens (including phenoxy) is 1. The molecule has 3 aromatic heterocycles. The lowest BCUT2D eigenvalue weighted by Gasteiger charge is -2.12.